The number of morpholine rings is 1. The van der Waals surface area contributed by atoms with Crippen LogP contribution in [0.25, 0.3) is 0 Å². The standard InChI is InChI=1S/C14H25N3O3/c1-14(2,10-15)13(19)17-5-3-4-11(17)12(18)16-6-8-20-9-7-16/h11H,3-10,15H2,1-2H3. The number of carbonyl (C=O) groups is 2. The minimum Gasteiger partial charge on any atom is -0.378 e. The minimum atomic E-state index is -0.603. The van der Waals surface area contributed by atoms with Crippen molar-refractivity contribution in [3.05, 3.63) is 0 Å². The first-order valence-corrected chi connectivity index (χ1v) is 7.35. The van der Waals surface area contributed by atoms with E-state index in [0.717, 1.165) is 12.8 Å². The van der Waals surface area contributed by atoms with Crippen molar-refractivity contribution in [3.63, 3.8) is 0 Å². The van der Waals surface area contributed by atoms with Gasteiger partial charge in [0, 0.05) is 26.2 Å². The van der Waals surface area contributed by atoms with Gasteiger partial charge in [-0.15, -0.1) is 0 Å². The van der Waals surface area contributed by atoms with Gasteiger partial charge in [-0.3, -0.25) is 9.59 Å². The molecule has 0 aliphatic carbocycles. The molecule has 114 valence electrons. The average molecular weight is 283 g/mol. The van der Waals surface area contributed by atoms with Crippen LogP contribution in [0, 0.1) is 5.41 Å². The molecule has 0 aromatic carbocycles. The van der Waals surface area contributed by atoms with Crippen molar-refractivity contribution in [2.24, 2.45) is 11.1 Å². The molecule has 0 saturated carbocycles. The zero-order valence-electron chi connectivity index (χ0n) is 12.4. The zero-order valence-corrected chi connectivity index (χ0v) is 12.4. The number of nitrogens with two attached hydrogens (primary N) is 1. The maximum absolute atomic E-state index is 12.6. The molecule has 2 heterocycles. The Balaban J connectivity index is 2.06. The Kier molecular flexibility index (Phi) is 4.65. The Labute approximate surface area is 120 Å². The molecule has 0 radical (unpaired) electrons. The first-order valence-electron chi connectivity index (χ1n) is 7.35. The molecule has 0 bridgehead atoms. The SMILES string of the molecule is CC(C)(CN)C(=O)N1CCCC1C(=O)N1CCOCC1. The fraction of sp³-hybridized carbons (Fsp3) is 0.857. The van der Waals surface area contributed by atoms with Gasteiger partial charge in [-0.05, 0) is 26.7 Å². The van der Waals surface area contributed by atoms with E-state index in [1.165, 1.54) is 0 Å². The van der Waals surface area contributed by atoms with E-state index < -0.39 is 5.41 Å². The smallest absolute Gasteiger partial charge is 0.245 e. The number of hydrogen-bond acceptors (Lipinski definition) is 4. The van der Waals surface area contributed by atoms with Crippen LogP contribution in [-0.2, 0) is 14.3 Å². The quantitative estimate of drug-likeness (QED) is 0.779. The monoisotopic (exact) mass is 283 g/mol. The van der Waals surface area contributed by atoms with Crippen LogP contribution in [0.4, 0.5) is 0 Å². The summed E-state index contributed by atoms with van der Waals surface area (Å²) in [6.45, 7) is 7.04. The molecule has 2 N–H and O–H groups in total. The number of ether oxygens (including phenoxy) is 1. The van der Waals surface area contributed by atoms with Gasteiger partial charge in [-0.2, -0.15) is 0 Å². The summed E-state index contributed by atoms with van der Waals surface area (Å²) in [5.41, 5.74) is 5.08. The highest BCUT2D eigenvalue weighted by molar-refractivity contribution is 5.90. The van der Waals surface area contributed by atoms with Crippen LogP contribution in [0.2, 0.25) is 0 Å². The first-order chi connectivity index (χ1) is 9.47. The van der Waals surface area contributed by atoms with Crippen molar-refractivity contribution >= 4 is 11.8 Å². The van der Waals surface area contributed by atoms with Crippen molar-refractivity contribution in [3.8, 4) is 0 Å². The Morgan fingerprint density at radius 2 is 1.90 bits per heavy atom. The molecule has 6 nitrogen and oxygen atoms in total. The molecule has 2 fully saturated rings. The largest absolute Gasteiger partial charge is 0.378 e. The van der Waals surface area contributed by atoms with Gasteiger partial charge in [0.2, 0.25) is 11.8 Å². The lowest BCUT2D eigenvalue weighted by Gasteiger charge is -2.35. The third kappa shape index (κ3) is 2.96. The van der Waals surface area contributed by atoms with Crippen molar-refractivity contribution in [2.45, 2.75) is 32.7 Å². The molecule has 0 aromatic heterocycles. The maximum atomic E-state index is 12.6. The third-order valence-corrected chi connectivity index (χ3v) is 4.21. The average Bonchev–Trinajstić information content (AvgIpc) is 2.95. The van der Waals surface area contributed by atoms with Gasteiger partial charge in [0.15, 0.2) is 0 Å². The van der Waals surface area contributed by atoms with Crippen molar-refractivity contribution < 1.29 is 14.3 Å². The van der Waals surface area contributed by atoms with E-state index in [1.807, 2.05) is 18.7 Å². The molecular weight excluding hydrogens is 258 g/mol. The van der Waals surface area contributed by atoms with Crippen LogP contribution in [-0.4, -0.2) is 67.0 Å². The van der Waals surface area contributed by atoms with Crippen molar-refractivity contribution in [1.29, 1.82) is 0 Å². The number of likely N-dealkylation sites (tertiary alicyclic amines) is 1. The molecule has 2 saturated heterocycles. The van der Waals surface area contributed by atoms with Crippen LogP contribution in [0.1, 0.15) is 26.7 Å². The molecule has 2 aliphatic heterocycles. The molecule has 2 rings (SSSR count). The number of carbonyl (C=O) groups excluding carboxylic acids is 2. The maximum Gasteiger partial charge on any atom is 0.245 e. The van der Waals surface area contributed by atoms with Crippen LogP contribution in [0.5, 0.6) is 0 Å². The van der Waals surface area contributed by atoms with E-state index >= 15 is 0 Å². The molecule has 20 heavy (non-hydrogen) atoms. The molecule has 1 atom stereocenters. The lowest BCUT2D eigenvalue weighted by molar-refractivity contribution is -0.150. The summed E-state index contributed by atoms with van der Waals surface area (Å²) in [4.78, 5) is 28.7. The Morgan fingerprint density at radius 1 is 1.25 bits per heavy atom. The predicted molar refractivity (Wildman–Crippen MR) is 75.0 cm³/mol. The number of amides is 2. The van der Waals surface area contributed by atoms with Gasteiger partial charge in [-0.25, -0.2) is 0 Å². The molecule has 1 unspecified atom stereocenters. The lowest BCUT2D eigenvalue weighted by atomic mass is 9.91. The van der Waals surface area contributed by atoms with E-state index in [1.54, 1.807) is 4.90 Å². The third-order valence-electron chi connectivity index (χ3n) is 4.21. The predicted octanol–water partition coefficient (Wildman–Crippen LogP) is -0.179. The van der Waals surface area contributed by atoms with Gasteiger partial charge in [0.05, 0.1) is 18.6 Å². The number of hydrogen-bond donors (Lipinski definition) is 1. The second kappa shape index (κ2) is 6.10. The highest BCUT2D eigenvalue weighted by Crippen LogP contribution is 2.26. The molecule has 2 amide bonds. The fourth-order valence-electron chi connectivity index (χ4n) is 2.74. The van der Waals surface area contributed by atoms with Gasteiger partial charge >= 0.3 is 0 Å². The van der Waals surface area contributed by atoms with E-state index in [2.05, 4.69) is 0 Å². The van der Waals surface area contributed by atoms with Gasteiger partial charge < -0.3 is 20.3 Å². The van der Waals surface area contributed by atoms with Crippen LogP contribution in [0.3, 0.4) is 0 Å². The second-order valence-electron chi connectivity index (χ2n) is 6.18. The summed E-state index contributed by atoms with van der Waals surface area (Å²) >= 11 is 0. The van der Waals surface area contributed by atoms with Crippen LogP contribution < -0.4 is 5.73 Å². The molecular formula is C14H25N3O3. The lowest BCUT2D eigenvalue weighted by Crippen LogP contribution is -2.54. The fourth-order valence-corrected chi connectivity index (χ4v) is 2.74. The van der Waals surface area contributed by atoms with Crippen molar-refractivity contribution in [2.75, 3.05) is 39.4 Å². The highest BCUT2D eigenvalue weighted by atomic mass is 16.5. The summed E-state index contributed by atoms with van der Waals surface area (Å²) in [5, 5.41) is 0. The summed E-state index contributed by atoms with van der Waals surface area (Å²) in [6, 6.07) is -0.313. The van der Waals surface area contributed by atoms with Gasteiger partial charge in [-0.1, -0.05) is 0 Å². The van der Waals surface area contributed by atoms with E-state index in [0.29, 0.717) is 39.4 Å². The van der Waals surface area contributed by atoms with E-state index in [9.17, 15) is 9.59 Å². The number of nitrogens with zero attached hydrogens (tertiary/aromatic N) is 2. The zero-order chi connectivity index (χ0) is 14.8. The van der Waals surface area contributed by atoms with Crippen LogP contribution >= 0.6 is 0 Å². The summed E-state index contributed by atoms with van der Waals surface area (Å²) < 4.78 is 5.27. The second-order valence-corrected chi connectivity index (χ2v) is 6.18. The highest BCUT2D eigenvalue weighted by Gasteiger charge is 2.41. The molecule has 6 heteroatoms. The Morgan fingerprint density at radius 3 is 2.50 bits per heavy atom. The van der Waals surface area contributed by atoms with Crippen LogP contribution in [0.15, 0.2) is 0 Å². The van der Waals surface area contributed by atoms with Gasteiger partial charge in [0.1, 0.15) is 6.04 Å². The summed E-state index contributed by atoms with van der Waals surface area (Å²) in [7, 11) is 0. The van der Waals surface area contributed by atoms with Crippen molar-refractivity contribution in [1.82, 2.24) is 9.80 Å². The number of rotatable bonds is 3. The minimum absolute atomic E-state index is 0.0101. The normalized spacial score (nSPS) is 24.1. The van der Waals surface area contributed by atoms with E-state index in [4.69, 9.17) is 10.5 Å². The summed E-state index contributed by atoms with van der Waals surface area (Å²) in [5.74, 6) is 0.0519. The summed E-state index contributed by atoms with van der Waals surface area (Å²) in [6.07, 6.45) is 1.63. The molecule has 0 spiro atoms. The first kappa shape index (κ1) is 15.3. The molecule has 0 aromatic rings. The topological polar surface area (TPSA) is 75.9 Å². The Hall–Kier alpha value is -1.14. The molecule has 2 aliphatic rings. The van der Waals surface area contributed by atoms with E-state index in [-0.39, 0.29) is 17.9 Å². The van der Waals surface area contributed by atoms with Gasteiger partial charge in [0.25, 0.3) is 0 Å². The Bertz CT molecular complexity index is 378.